The molecule has 1 aliphatic heterocycles. The van der Waals surface area contributed by atoms with Gasteiger partial charge in [0, 0.05) is 26.7 Å². The summed E-state index contributed by atoms with van der Waals surface area (Å²) in [5.74, 6) is 0.920. The highest BCUT2D eigenvalue weighted by Gasteiger charge is 2.35. The smallest absolute Gasteiger partial charge is 0.310 e. The van der Waals surface area contributed by atoms with Crippen molar-refractivity contribution in [2.24, 2.45) is 11.8 Å². The molecule has 2 unspecified atom stereocenters. The molecule has 2 heterocycles. The highest BCUT2D eigenvalue weighted by atomic mass is 16.5. The van der Waals surface area contributed by atoms with E-state index in [0.717, 1.165) is 31.1 Å². The molecule has 0 radical (unpaired) electrons. The van der Waals surface area contributed by atoms with Crippen LogP contribution in [0.15, 0.2) is 12.4 Å². The van der Waals surface area contributed by atoms with Gasteiger partial charge in [0.1, 0.15) is 5.82 Å². The molecule has 2 rings (SSSR count). The SMILES string of the molecule is CNc1cnc(CN2CC(C)C(C(=O)OC)C2)cn1. The lowest BCUT2D eigenvalue weighted by molar-refractivity contribution is -0.146. The van der Waals surface area contributed by atoms with Gasteiger partial charge >= 0.3 is 5.97 Å². The Hall–Kier alpha value is -1.69. The maximum absolute atomic E-state index is 11.6. The monoisotopic (exact) mass is 264 g/mol. The Balaban J connectivity index is 1.95. The number of nitrogens with zero attached hydrogens (tertiary/aromatic N) is 3. The van der Waals surface area contributed by atoms with Gasteiger partial charge in [-0.25, -0.2) is 4.98 Å². The third-order valence-electron chi connectivity index (χ3n) is 3.54. The lowest BCUT2D eigenvalue weighted by Crippen LogP contribution is -2.24. The predicted octanol–water partition coefficient (Wildman–Crippen LogP) is 0.759. The number of likely N-dealkylation sites (tertiary alicyclic amines) is 1. The van der Waals surface area contributed by atoms with Crippen LogP contribution in [0, 0.1) is 11.8 Å². The van der Waals surface area contributed by atoms with Crippen molar-refractivity contribution in [2.45, 2.75) is 13.5 Å². The molecule has 1 aromatic rings. The molecule has 1 aromatic heterocycles. The van der Waals surface area contributed by atoms with Gasteiger partial charge in [-0.05, 0) is 5.92 Å². The Morgan fingerprint density at radius 3 is 2.84 bits per heavy atom. The van der Waals surface area contributed by atoms with Gasteiger partial charge in [0.05, 0.1) is 31.1 Å². The Morgan fingerprint density at radius 2 is 2.26 bits per heavy atom. The minimum absolute atomic E-state index is 0.0328. The number of methoxy groups -OCH3 is 1. The van der Waals surface area contributed by atoms with E-state index >= 15 is 0 Å². The summed E-state index contributed by atoms with van der Waals surface area (Å²) in [5.41, 5.74) is 0.914. The molecule has 0 aliphatic carbocycles. The molecule has 104 valence electrons. The van der Waals surface area contributed by atoms with Crippen LogP contribution in [-0.2, 0) is 16.1 Å². The average Bonchev–Trinajstić information content (AvgIpc) is 2.79. The summed E-state index contributed by atoms with van der Waals surface area (Å²) in [4.78, 5) is 22.4. The van der Waals surface area contributed by atoms with E-state index in [1.165, 1.54) is 7.11 Å². The summed E-state index contributed by atoms with van der Waals surface area (Å²) >= 11 is 0. The average molecular weight is 264 g/mol. The highest BCUT2D eigenvalue weighted by molar-refractivity contribution is 5.73. The van der Waals surface area contributed by atoms with Crippen LogP contribution in [0.1, 0.15) is 12.6 Å². The first kappa shape index (κ1) is 13.7. The third-order valence-corrected chi connectivity index (χ3v) is 3.54. The summed E-state index contributed by atoms with van der Waals surface area (Å²) in [6.07, 6.45) is 3.48. The van der Waals surface area contributed by atoms with Crippen LogP contribution in [-0.4, -0.2) is 48.1 Å². The minimum atomic E-state index is -0.119. The molecular formula is C13H20N4O2. The second-order valence-electron chi connectivity index (χ2n) is 4.94. The number of ether oxygens (including phenoxy) is 1. The highest BCUT2D eigenvalue weighted by Crippen LogP contribution is 2.25. The van der Waals surface area contributed by atoms with Gasteiger partial charge in [0.25, 0.3) is 0 Å². The van der Waals surface area contributed by atoms with Crippen LogP contribution >= 0.6 is 0 Å². The predicted molar refractivity (Wildman–Crippen MR) is 71.5 cm³/mol. The van der Waals surface area contributed by atoms with E-state index < -0.39 is 0 Å². The molecule has 0 aromatic carbocycles. The van der Waals surface area contributed by atoms with E-state index in [1.54, 1.807) is 12.4 Å². The van der Waals surface area contributed by atoms with E-state index in [-0.39, 0.29) is 11.9 Å². The van der Waals surface area contributed by atoms with Gasteiger partial charge in [0.15, 0.2) is 0 Å². The second kappa shape index (κ2) is 5.97. The molecule has 1 aliphatic rings. The molecule has 6 heteroatoms. The minimum Gasteiger partial charge on any atom is -0.469 e. The zero-order chi connectivity index (χ0) is 13.8. The second-order valence-corrected chi connectivity index (χ2v) is 4.94. The first-order valence-corrected chi connectivity index (χ1v) is 6.43. The lowest BCUT2D eigenvalue weighted by atomic mass is 9.99. The first-order valence-electron chi connectivity index (χ1n) is 6.43. The summed E-state index contributed by atoms with van der Waals surface area (Å²) < 4.78 is 4.83. The third kappa shape index (κ3) is 3.20. The van der Waals surface area contributed by atoms with Gasteiger partial charge in [-0.15, -0.1) is 0 Å². The number of aromatic nitrogens is 2. The number of esters is 1. The lowest BCUT2D eigenvalue weighted by Gasteiger charge is -2.14. The van der Waals surface area contributed by atoms with Gasteiger partial charge in [0.2, 0.25) is 0 Å². The zero-order valence-electron chi connectivity index (χ0n) is 11.6. The largest absolute Gasteiger partial charge is 0.469 e. The number of hydrogen-bond donors (Lipinski definition) is 1. The standard InChI is InChI=1S/C13H20N4O2/c1-9-6-17(8-11(9)13(18)19-3)7-10-4-16-12(14-2)5-15-10/h4-5,9,11H,6-8H2,1-3H3,(H,14,16). The molecule has 1 fully saturated rings. The van der Waals surface area contributed by atoms with E-state index in [0.29, 0.717) is 5.92 Å². The number of nitrogens with one attached hydrogen (secondary N) is 1. The van der Waals surface area contributed by atoms with Gasteiger partial charge in [-0.1, -0.05) is 6.92 Å². The van der Waals surface area contributed by atoms with E-state index in [1.807, 2.05) is 7.05 Å². The van der Waals surface area contributed by atoms with Crippen molar-refractivity contribution in [1.29, 1.82) is 0 Å². The van der Waals surface area contributed by atoms with Crippen molar-refractivity contribution in [2.75, 3.05) is 32.6 Å². The molecule has 6 nitrogen and oxygen atoms in total. The van der Waals surface area contributed by atoms with E-state index in [9.17, 15) is 4.79 Å². The fourth-order valence-electron chi connectivity index (χ4n) is 2.45. The maximum atomic E-state index is 11.6. The molecule has 0 saturated carbocycles. The Morgan fingerprint density at radius 1 is 1.47 bits per heavy atom. The summed E-state index contributed by atoms with van der Waals surface area (Å²) in [7, 11) is 3.26. The molecule has 0 amide bonds. The molecule has 19 heavy (non-hydrogen) atoms. The fraction of sp³-hybridized carbons (Fsp3) is 0.615. The number of anilines is 1. The van der Waals surface area contributed by atoms with Gasteiger partial charge in [-0.3, -0.25) is 14.7 Å². The molecule has 1 saturated heterocycles. The van der Waals surface area contributed by atoms with Crippen molar-refractivity contribution in [3.63, 3.8) is 0 Å². The number of carbonyl (C=O) groups excluding carboxylic acids is 1. The van der Waals surface area contributed by atoms with Crippen molar-refractivity contribution in [1.82, 2.24) is 14.9 Å². The zero-order valence-corrected chi connectivity index (χ0v) is 11.6. The van der Waals surface area contributed by atoms with Crippen LogP contribution in [0.4, 0.5) is 5.82 Å². The summed E-state index contributed by atoms with van der Waals surface area (Å²) in [5, 5.41) is 2.94. The quantitative estimate of drug-likeness (QED) is 0.810. The van der Waals surface area contributed by atoms with Gasteiger partial charge < -0.3 is 10.1 Å². The first-order chi connectivity index (χ1) is 9.13. The summed E-state index contributed by atoms with van der Waals surface area (Å²) in [6.45, 7) is 4.41. The van der Waals surface area contributed by atoms with Crippen molar-refractivity contribution < 1.29 is 9.53 Å². The van der Waals surface area contributed by atoms with Gasteiger partial charge in [-0.2, -0.15) is 0 Å². The van der Waals surface area contributed by atoms with Crippen LogP contribution in [0.25, 0.3) is 0 Å². The Kier molecular flexibility index (Phi) is 4.31. The molecule has 1 N–H and O–H groups in total. The Bertz CT molecular complexity index is 435. The van der Waals surface area contributed by atoms with E-state index in [4.69, 9.17) is 4.74 Å². The van der Waals surface area contributed by atoms with Crippen molar-refractivity contribution >= 4 is 11.8 Å². The topological polar surface area (TPSA) is 67.4 Å². The number of rotatable bonds is 4. The van der Waals surface area contributed by atoms with E-state index in [2.05, 4.69) is 27.1 Å². The maximum Gasteiger partial charge on any atom is 0.310 e. The Labute approximate surface area is 113 Å². The summed E-state index contributed by atoms with van der Waals surface area (Å²) in [6, 6.07) is 0. The number of carbonyl (C=O) groups is 1. The molecule has 0 spiro atoms. The van der Waals surface area contributed by atoms with Crippen molar-refractivity contribution in [3.05, 3.63) is 18.1 Å². The number of hydrogen-bond acceptors (Lipinski definition) is 6. The molecule has 0 bridgehead atoms. The van der Waals surface area contributed by atoms with Crippen LogP contribution in [0.5, 0.6) is 0 Å². The van der Waals surface area contributed by atoms with Crippen LogP contribution in [0.3, 0.4) is 0 Å². The molecular weight excluding hydrogens is 244 g/mol. The van der Waals surface area contributed by atoms with Crippen molar-refractivity contribution in [3.8, 4) is 0 Å². The normalized spacial score (nSPS) is 23.3. The molecule has 2 atom stereocenters. The van der Waals surface area contributed by atoms with Crippen LogP contribution in [0.2, 0.25) is 0 Å². The fourth-order valence-corrected chi connectivity index (χ4v) is 2.45. The van der Waals surface area contributed by atoms with Crippen LogP contribution < -0.4 is 5.32 Å².